The molecule has 0 saturated carbocycles. The Bertz CT molecular complexity index is 583. The van der Waals surface area contributed by atoms with E-state index in [4.69, 9.17) is 5.73 Å². The van der Waals surface area contributed by atoms with Crippen LogP contribution in [0.3, 0.4) is 0 Å². The number of halogens is 4. The summed E-state index contributed by atoms with van der Waals surface area (Å²) in [5, 5.41) is 0. The molecule has 7 heteroatoms. The molecule has 1 aliphatic rings. The average molecular weight is 318 g/mol. The fourth-order valence-corrected chi connectivity index (χ4v) is 2.61. The molecule has 0 aromatic heterocycles. The van der Waals surface area contributed by atoms with Gasteiger partial charge in [-0.3, -0.25) is 4.79 Å². The highest BCUT2D eigenvalue weighted by atomic mass is 19.4. The molecular weight excluding hydrogens is 300 g/mol. The lowest BCUT2D eigenvalue weighted by Crippen LogP contribution is -2.54. The van der Waals surface area contributed by atoms with E-state index in [1.54, 1.807) is 0 Å². The Morgan fingerprint density at radius 3 is 2.55 bits per heavy atom. The maximum Gasteiger partial charge on any atom is 0.419 e. The molecule has 0 aliphatic carbocycles. The average Bonchev–Trinajstić information content (AvgIpc) is 2.40. The predicted molar refractivity (Wildman–Crippen MR) is 73.7 cm³/mol. The molecule has 1 atom stereocenters. The van der Waals surface area contributed by atoms with Crippen LogP contribution < -0.4 is 5.73 Å². The summed E-state index contributed by atoms with van der Waals surface area (Å²) in [7, 11) is 0. The Morgan fingerprint density at radius 1 is 1.36 bits per heavy atom. The Kier molecular flexibility index (Phi) is 4.21. The van der Waals surface area contributed by atoms with Crippen molar-refractivity contribution < 1.29 is 22.4 Å². The normalized spacial score (nSPS) is 21.8. The number of rotatable bonds is 1. The number of hydrogen-bond donors (Lipinski definition) is 1. The van der Waals surface area contributed by atoms with Crippen LogP contribution in [-0.2, 0) is 6.18 Å². The second-order valence-corrected chi connectivity index (χ2v) is 6.30. The number of alkyl halides is 3. The van der Waals surface area contributed by atoms with Gasteiger partial charge in [-0.15, -0.1) is 0 Å². The lowest BCUT2D eigenvalue weighted by Gasteiger charge is -2.42. The molecule has 1 amide bonds. The van der Waals surface area contributed by atoms with Crippen LogP contribution in [0.15, 0.2) is 18.2 Å². The first kappa shape index (κ1) is 16.7. The SMILES string of the molecule is CC1(C)CN(C(=O)c2ccc(F)c(C(F)(F)F)c2)CCC1N. The molecule has 1 heterocycles. The first-order chi connectivity index (χ1) is 10.0. The van der Waals surface area contributed by atoms with E-state index in [-0.39, 0.29) is 17.0 Å². The van der Waals surface area contributed by atoms with Gasteiger partial charge < -0.3 is 10.6 Å². The van der Waals surface area contributed by atoms with Crippen molar-refractivity contribution in [2.45, 2.75) is 32.5 Å². The lowest BCUT2D eigenvalue weighted by atomic mass is 9.79. The quantitative estimate of drug-likeness (QED) is 0.809. The number of carbonyl (C=O) groups is 1. The highest BCUT2D eigenvalue weighted by molar-refractivity contribution is 5.94. The van der Waals surface area contributed by atoms with Crippen molar-refractivity contribution in [1.82, 2.24) is 4.90 Å². The third kappa shape index (κ3) is 3.24. The van der Waals surface area contributed by atoms with Gasteiger partial charge in [0.25, 0.3) is 5.91 Å². The summed E-state index contributed by atoms with van der Waals surface area (Å²) in [4.78, 5) is 13.8. The van der Waals surface area contributed by atoms with Crippen molar-refractivity contribution >= 4 is 5.91 Å². The smallest absolute Gasteiger partial charge is 0.338 e. The first-order valence-corrected chi connectivity index (χ1v) is 6.94. The van der Waals surface area contributed by atoms with E-state index in [2.05, 4.69) is 0 Å². The van der Waals surface area contributed by atoms with Crippen molar-refractivity contribution in [3.05, 3.63) is 35.1 Å². The number of nitrogens with two attached hydrogens (primary N) is 1. The Labute approximate surface area is 126 Å². The summed E-state index contributed by atoms with van der Waals surface area (Å²) in [5.41, 5.74) is 4.07. The van der Waals surface area contributed by atoms with Crippen molar-refractivity contribution in [1.29, 1.82) is 0 Å². The molecule has 2 N–H and O–H groups in total. The van der Waals surface area contributed by atoms with E-state index in [0.29, 0.717) is 31.6 Å². The van der Waals surface area contributed by atoms with Gasteiger partial charge in [0.2, 0.25) is 0 Å². The van der Waals surface area contributed by atoms with Crippen LogP contribution in [0, 0.1) is 11.2 Å². The molecule has 0 radical (unpaired) electrons. The van der Waals surface area contributed by atoms with Gasteiger partial charge in [-0.1, -0.05) is 13.8 Å². The number of amides is 1. The van der Waals surface area contributed by atoms with E-state index >= 15 is 0 Å². The molecule has 1 aliphatic heterocycles. The van der Waals surface area contributed by atoms with Gasteiger partial charge in [0.1, 0.15) is 5.82 Å². The molecule has 22 heavy (non-hydrogen) atoms. The number of carbonyl (C=O) groups excluding carboxylic acids is 1. The van der Waals surface area contributed by atoms with Crippen LogP contribution in [0.4, 0.5) is 17.6 Å². The van der Waals surface area contributed by atoms with Crippen LogP contribution >= 0.6 is 0 Å². The Balaban J connectivity index is 2.27. The maximum atomic E-state index is 13.3. The molecule has 122 valence electrons. The largest absolute Gasteiger partial charge is 0.419 e. The highest BCUT2D eigenvalue weighted by Gasteiger charge is 2.37. The van der Waals surface area contributed by atoms with Crippen LogP contribution in [-0.4, -0.2) is 29.9 Å². The predicted octanol–water partition coefficient (Wildman–Crippen LogP) is 3.04. The monoisotopic (exact) mass is 318 g/mol. The number of nitrogens with zero attached hydrogens (tertiary/aromatic N) is 1. The molecule has 1 fully saturated rings. The summed E-state index contributed by atoms with van der Waals surface area (Å²) >= 11 is 0. The molecule has 1 aromatic carbocycles. The molecule has 3 nitrogen and oxygen atoms in total. The number of benzene rings is 1. The fourth-order valence-electron chi connectivity index (χ4n) is 2.61. The van der Waals surface area contributed by atoms with Gasteiger partial charge >= 0.3 is 6.18 Å². The summed E-state index contributed by atoms with van der Waals surface area (Å²) < 4.78 is 51.5. The Hall–Kier alpha value is -1.63. The third-order valence-corrected chi connectivity index (χ3v) is 4.12. The second-order valence-electron chi connectivity index (χ2n) is 6.30. The lowest BCUT2D eigenvalue weighted by molar-refractivity contribution is -0.140. The number of likely N-dealkylation sites (tertiary alicyclic amines) is 1. The zero-order chi connectivity index (χ0) is 16.7. The van der Waals surface area contributed by atoms with Crippen molar-refractivity contribution in [3.63, 3.8) is 0 Å². The van der Waals surface area contributed by atoms with Gasteiger partial charge in [-0.05, 0) is 30.0 Å². The molecule has 2 rings (SSSR count). The zero-order valence-electron chi connectivity index (χ0n) is 12.4. The molecule has 1 aromatic rings. The van der Waals surface area contributed by atoms with Crippen LogP contribution in [0.1, 0.15) is 36.2 Å². The van der Waals surface area contributed by atoms with Crippen LogP contribution in [0.2, 0.25) is 0 Å². The zero-order valence-corrected chi connectivity index (χ0v) is 12.4. The minimum absolute atomic E-state index is 0.0736. The molecule has 1 saturated heterocycles. The standard InChI is InChI=1S/C15H18F4N2O/c1-14(2)8-21(6-5-12(14)20)13(22)9-3-4-11(16)10(7-9)15(17,18)19/h3-4,7,12H,5-6,8,20H2,1-2H3. The van der Waals surface area contributed by atoms with Crippen molar-refractivity contribution in [2.75, 3.05) is 13.1 Å². The van der Waals surface area contributed by atoms with Crippen LogP contribution in [0.25, 0.3) is 0 Å². The van der Waals surface area contributed by atoms with E-state index in [0.717, 1.165) is 6.07 Å². The molecule has 0 bridgehead atoms. The minimum atomic E-state index is -4.83. The van der Waals surface area contributed by atoms with Gasteiger partial charge in [-0.2, -0.15) is 13.2 Å². The van der Waals surface area contributed by atoms with E-state index in [9.17, 15) is 22.4 Å². The summed E-state index contributed by atoms with van der Waals surface area (Å²) in [6, 6.07) is 2.25. The van der Waals surface area contributed by atoms with Gasteiger partial charge in [-0.25, -0.2) is 4.39 Å². The summed E-state index contributed by atoms with van der Waals surface area (Å²) in [6.45, 7) is 4.54. The summed E-state index contributed by atoms with van der Waals surface area (Å²) in [6.07, 6.45) is -4.25. The van der Waals surface area contributed by atoms with Crippen LogP contribution in [0.5, 0.6) is 0 Å². The van der Waals surface area contributed by atoms with Gasteiger partial charge in [0, 0.05) is 24.7 Å². The molecule has 0 spiro atoms. The third-order valence-electron chi connectivity index (χ3n) is 4.12. The first-order valence-electron chi connectivity index (χ1n) is 6.94. The number of piperidine rings is 1. The Morgan fingerprint density at radius 2 is 2.00 bits per heavy atom. The molecule has 1 unspecified atom stereocenters. The molecular formula is C15H18F4N2O. The van der Waals surface area contributed by atoms with Gasteiger partial charge in [0.05, 0.1) is 5.56 Å². The maximum absolute atomic E-state index is 13.3. The van der Waals surface area contributed by atoms with E-state index in [1.165, 1.54) is 4.90 Å². The van der Waals surface area contributed by atoms with Gasteiger partial charge in [0.15, 0.2) is 0 Å². The van der Waals surface area contributed by atoms with Crippen molar-refractivity contribution in [2.24, 2.45) is 11.1 Å². The highest BCUT2D eigenvalue weighted by Crippen LogP contribution is 2.33. The van der Waals surface area contributed by atoms with Crippen molar-refractivity contribution in [3.8, 4) is 0 Å². The fraction of sp³-hybridized carbons (Fsp3) is 0.533. The number of hydrogen-bond acceptors (Lipinski definition) is 2. The van der Waals surface area contributed by atoms with E-state index in [1.807, 2.05) is 13.8 Å². The second kappa shape index (κ2) is 5.53. The topological polar surface area (TPSA) is 46.3 Å². The summed E-state index contributed by atoms with van der Waals surface area (Å²) in [5.74, 6) is -1.92. The minimum Gasteiger partial charge on any atom is -0.338 e. The van der Waals surface area contributed by atoms with E-state index < -0.39 is 23.5 Å².